The van der Waals surface area contributed by atoms with Gasteiger partial charge >= 0.3 is 5.97 Å². The van der Waals surface area contributed by atoms with Gasteiger partial charge in [-0.3, -0.25) is 4.79 Å². The summed E-state index contributed by atoms with van der Waals surface area (Å²) < 4.78 is 4.87. The Morgan fingerprint density at radius 1 is 1.73 bits per heavy atom. The maximum atomic E-state index is 10.7. The summed E-state index contributed by atoms with van der Waals surface area (Å²) in [5.74, 6) is 0.0764. The Labute approximate surface area is 96.3 Å². The summed E-state index contributed by atoms with van der Waals surface area (Å²) in [7, 11) is 0. The molecule has 1 rings (SSSR count). The van der Waals surface area contributed by atoms with Crippen LogP contribution in [0.25, 0.3) is 0 Å². The highest BCUT2D eigenvalue weighted by atomic mass is 32.2. The van der Waals surface area contributed by atoms with Crippen molar-refractivity contribution in [1.82, 2.24) is 9.36 Å². The molecule has 0 fully saturated rings. The van der Waals surface area contributed by atoms with Crippen LogP contribution in [0.3, 0.4) is 0 Å². The molecule has 1 heterocycles. The van der Waals surface area contributed by atoms with E-state index in [1.807, 2.05) is 6.92 Å². The molecule has 5 nitrogen and oxygen atoms in total. The monoisotopic (exact) mass is 247 g/mol. The lowest BCUT2D eigenvalue weighted by molar-refractivity contribution is -0.141. The van der Waals surface area contributed by atoms with E-state index in [4.69, 9.17) is 10.8 Å². The van der Waals surface area contributed by atoms with Crippen molar-refractivity contribution in [3.63, 3.8) is 0 Å². The predicted molar refractivity (Wildman–Crippen MR) is 60.2 cm³/mol. The standard InChI is InChI=1S/C8H13N3O2S2/c1-3-5-10-7(15-11-5)14-4-8(2,9)6(12)13/h3-4,9H2,1-2H3,(H,12,13). The maximum absolute atomic E-state index is 10.7. The smallest absolute Gasteiger partial charge is 0.324 e. The predicted octanol–water partition coefficient (Wildman–Crippen LogP) is 0.995. The maximum Gasteiger partial charge on any atom is 0.324 e. The van der Waals surface area contributed by atoms with Crippen molar-refractivity contribution in [2.45, 2.75) is 30.1 Å². The molecule has 0 aliphatic heterocycles. The van der Waals surface area contributed by atoms with Gasteiger partial charge < -0.3 is 10.8 Å². The number of nitrogens with zero attached hydrogens (tertiary/aromatic N) is 2. The number of carbonyl (C=O) groups is 1. The molecule has 0 saturated heterocycles. The van der Waals surface area contributed by atoms with Gasteiger partial charge in [0.2, 0.25) is 0 Å². The van der Waals surface area contributed by atoms with Gasteiger partial charge in [-0.2, -0.15) is 4.37 Å². The lowest BCUT2D eigenvalue weighted by Gasteiger charge is -2.16. The SMILES string of the molecule is CCc1nsc(SCC(C)(N)C(=O)O)n1. The third-order valence-corrected chi connectivity index (χ3v) is 3.96. The van der Waals surface area contributed by atoms with Gasteiger partial charge in [-0.15, -0.1) is 0 Å². The Hall–Kier alpha value is -0.660. The van der Waals surface area contributed by atoms with Crippen LogP contribution < -0.4 is 5.73 Å². The van der Waals surface area contributed by atoms with Gasteiger partial charge in [0.05, 0.1) is 0 Å². The fraction of sp³-hybridized carbons (Fsp3) is 0.625. The number of thioether (sulfide) groups is 1. The molecule has 15 heavy (non-hydrogen) atoms. The van der Waals surface area contributed by atoms with E-state index in [2.05, 4.69) is 9.36 Å². The normalized spacial score (nSPS) is 14.9. The molecule has 0 spiro atoms. The molecule has 3 N–H and O–H groups in total. The molecule has 0 aromatic carbocycles. The van der Waals surface area contributed by atoms with Gasteiger partial charge in [0.25, 0.3) is 0 Å². The van der Waals surface area contributed by atoms with Crippen molar-refractivity contribution in [2.75, 3.05) is 5.75 Å². The lowest BCUT2D eigenvalue weighted by Crippen LogP contribution is -2.47. The van der Waals surface area contributed by atoms with Gasteiger partial charge in [0, 0.05) is 12.2 Å². The Bertz CT molecular complexity index is 351. The van der Waals surface area contributed by atoms with Crippen LogP contribution in [-0.4, -0.2) is 31.7 Å². The van der Waals surface area contributed by atoms with Gasteiger partial charge in [0.1, 0.15) is 11.4 Å². The van der Waals surface area contributed by atoms with E-state index in [0.29, 0.717) is 5.75 Å². The number of carboxylic acid groups (broad SMARTS) is 1. The van der Waals surface area contributed by atoms with E-state index in [0.717, 1.165) is 16.6 Å². The molecule has 0 aliphatic carbocycles. The number of nitrogens with two attached hydrogens (primary N) is 1. The van der Waals surface area contributed by atoms with Gasteiger partial charge in [-0.25, -0.2) is 4.98 Å². The second kappa shape index (κ2) is 4.91. The third-order valence-electron chi connectivity index (χ3n) is 1.75. The van der Waals surface area contributed by atoms with Crippen molar-refractivity contribution in [2.24, 2.45) is 5.73 Å². The highest BCUT2D eigenvalue weighted by Crippen LogP contribution is 2.23. The first-order valence-electron chi connectivity index (χ1n) is 4.43. The van der Waals surface area contributed by atoms with Crippen molar-refractivity contribution < 1.29 is 9.90 Å². The summed E-state index contributed by atoms with van der Waals surface area (Å²) in [6.07, 6.45) is 0.788. The summed E-state index contributed by atoms with van der Waals surface area (Å²) in [5, 5.41) is 8.80. The molecule has 1 aromatic rings. The van der Waals surface area contributed by atoms with Crippen molar-refractivity contribution in [3.8, 4) is 0 Å². The largest absolute Gasteiger partial charge is 0.480 e. The van der Waals surface area contributed by atoms with E-state index in [-0.39, 0.29) is 0 Å². The van der Waals surface area contributed by atoms with Crippen LogP contribution in [0.2, 0.25) is 0 Å². The highest BCUT2D eigenvalue weighted by Gasteiger charge is 2.28. The number of aliphatic carboxylic acids is 1. The van der Waals surface area contributed by atoms with Crippen LogP contribution in [0.4, 0.5) is 0 Å². The zero-order valence-corrected chi connectivity index (χ0v) is 10.2. The molecule has 0 radical (unpaired) electrons. The van der Waals surface area contributed by atoms with Crippen LogP contribution in [-0.2, 0) is 11.2 Å². The second-order valence-electron chi connectivity index (χ2n) is 3.34. The van der Waals surface area contributed by atoms with Crippen molar-refractivity contribution in [3.05, 3.63) is 5.82 Å². The number of aromatic nitrogens is 2. The zero-order valence-electron chi connectivity index (χ0n) is 8.56. The van der Waals surface area contributed by atoms with Crippen LogP contribution in [0.15, 0.2) is 4.34 Å². The number of rotatable bonds is 5. The third kappa shape index (κ3) is 3.44. The summed E-state index contributed by atoms with van der Waals surface area (Å²) in [6.45, 7) is 3.46. The lowest BCUT2D eigenvalue weighted by atomic mass is 10.1. The van der Waals surface area contributed by atoms with Crippen molar-refractivity contribution in [1.29, 1.82) is 0 Å². The number of aryl methyl sites for hydroxylation is 1. The molecule has 0 saturated carbocycles. The Balaban J connectivity index is 2.53. The average Bonchev–Trinajstić information content (AvgIpc) is 2.62. The van der Waals surface area contributed by atoms with Gasteiger partial charge in [0.15, 0.2) is 4.34 Å². The van der Waals surface area contributed by atoms with E-state index < -0.39 is 11.5 Å². The van der Waals surface area contributed by atoms with Crippen molar-refractivity contribution >= 4 is 29.3 Å². The molecule has 7 heteroatoms. The Kier molecular flexibility index (Phi) is 4.06. The molecule has 1 unspecified atom stereocenters. The first-order valence-corrected chi connectivity index (χ1v) is 6.19. The Morgan fingerprint density at radius 2 is 2.40 bits per heavy atom. The summed E-state index contributed by atoms with van der Waals surface area (Å²) in [4.78, 5) is 14.9. The van der Waals surface area contributed by atoms with E-state index in [1.54, 1.807) is 0 Å². The Morgan fingerprint density at radius 3 is 2.87 bits per heavy atom. The molecular weight excluding hydrogens is 234 g/mol. The number of carboxylic acids is 1. The molecule has 0 amide bonds. The van der Waals surface area contributed by atoms with Crippen LogP contribution in [0, 0.1) is 0 Å². The van der Waals surface area contributed by atoms with E-state index >= 15 is 0 Å². The van der Waals surface area contributed by atoms with Crippen LogP contribution >= 0.6 is 23.3 Å². The topological polar surface area (TPSA) is 89.1 Å². The second-order valence-corrected chi connectivity index (χ2v) is 5.32. The highest BCUT2D eigenvalue weighted by molar-refractivity contribution is 8.01. The average molecular weight is 247 g/mol. The van der Waals surface area contributed by atoms with Gasteiger partial charge in [-0.1, -0.05) is 18.7 Å². The number of hydrogen-bond acceptors (Lipinski definition) is 6. The molecule has 0 bridgehead atoms. The van der Waals surface area contributed by atoms with Crippen LogP contribution in [0.1, 0.15) is 19.7 Å². The van der Waals surface area contributed by atoms with Crippen LogP contribution in [0.5, 0.6) is 0 Å². The first kappa shape index (κ1) is 12.4. The van der Waals surface area contributed by atoms with E-state index in [1.165, 1.54) is 30.2 Å². The van der Waals surface area contributed by atoms with E-state index in [9.17, 15) is 4.79 Å². The fourth-order valence-corrected chi connectivity index (χ4v) is 2.43. The zero-order chi connectivity index (χ0) is 11.5. The summed E-state index contributed by atoms with van der Waals surface area (Å²) in [6, 6.07) is 0. The summed E-state index contributed by atoms with van der Waals surface area (Å²) >= 11 is 2.61. The summed E-state index contributed by atoms with van der Waals surface area (Å²) in [5.41, 5.74) is 4.36. The van der Waals surface area contributed by atoms with Gasteiger partial charge in [-0.05, 0) is 18.5 Å². The number of hydrogen-bond donors (Lipinski definition) is 2. The molecule has 1 atom stereocenters. The minimum absolute atomic E-state index is 0.292. The quantitative estimate of drug-likeness (QED) is 0.754. The first-order chi connectivity index (χ1) is 6.95. The minimum atomic E-state index is -1.22. The molecule has 0 aliphatic rings. The fourth-order valence-electron chi connectivity index (χ4n) is 0.714. The molecule has 84 valence electrons. The molecule has 1 aromatic heterocycles. The molecular formula is C8H13N3O2S2. The minimum Gasteiger partial charge on any atom is -0.480 e.